The van der Waals surface area contributed by atoms with Gasteiger partial charge in [-0.1, -0.05) is 41.9 Å². The van der Waals surface area contributed by atoms with Crippen LogP contribution in [0.4, 0.5) is 0 Å². The highest BCUT2D eigenvalue weighted by Gasteiger charge is 2.39. The van der Waals surface area contributed by atoms with Gasteiger partial charge in [0.05, 0.1) is 16.0 Å². The average Bonchev–Trinajstić information content (AvgIpc) is 3.16. The zero-order valence-corrected chi connectivity index (χ0v) is 18.7. The molecule has 0 amide bonds. The molecule has 29 heavy (non-hydrogen) atoms. The van der Waals surface area contributed by atoms with Crippen LogP contribution < -0.4 is 0 Å². The van der Waals surface area contributed by atoms with Crippen LogP contribution in [0.15, 0.2) is 69.8 Å². The molecule has 0 aliphatic carbocycles. The summed E-state index contributed by atoms with van der Waals surface area (Å²) >= 11 is 7.84. The molecule has 0 N–H and O–H groups in total. The van der Waals surface area contributed by atoms with Crippen LogP contribution >= 0.6 is 22.9 Å². The molecule has 0 spiro atoms. The topological polar surface area (TPSA) is 71.5 Å². The summed E-state index contributed by atoms with van der Waals surface area (Å²) < 4.78 is 52.7. The zero-order valence-electron chi connectivity index (χ0n) is 15.4. The third kappa shape index (κ3) is 3.75. The van der Waals surface area contributed by atoms with Crippen LogP contribution in [0.25, 0.3) is 0 Å². The minimum Gasteiger partial charge on any atom is -0.224 e. The number of rotatable bonds is 4. The number of benzene rings is 2. The van der Waals surface area contributed by atoms with Crippen molar-refractivity contribution in [3.8, 4) is 0 Å². The van der Waals surface area contributed by atoms with Crippen molar-refractivity contribution < 1.29 is 16.8 Å². The predicted molar refractivity (Wildman–Crippen MR) is 115 cm³/mol. The highest BCUT2D eigenvalue weighted by atomic mass is 35.5. The molecule has 0 radical (unpaired) electrons. The molecule has 1 unspecified atom stereocenters. The fourth-order valence-electron chi connectivity index (χ4n) is 3.57. The number of sulfonamides is 1. The molecule has 0 saturated carbocycles. The number of thiophene rings is 1. The van der Waals surface area contributed by atoms with Gasteiger partial charge in [0.15, 0.2) is 9.84 Å². The summed E-state index contributed by atoms with van der Waals surface area (Å²) in [5.41, 5.74) is 1.80. The van der Waals surface area contributed by atoms with Crippen LogP contribution in [0.3, 0.4) is 0 Å². The van der Waals surface area contributed by atoms with E-state index in [1.165, 1.54) is 16.4 Å². The van der Waals surface area contributed by atoms with Crippen molar-refractivity contribution in [2.75, 3.05) is 12.8 Å². The lowest BCUT2D eigenvalue weighted by Gasteiger charge is -2.35. The van der Waals surface area contributed by atoms with Crippen molar-refractivity contribution in [2.24, 2.45) is 0 Å². The first-order chi connectivity index (χ1) is 13.7. The highest BCUT2D eigenvalue weighted by molar-refractivity contribution is 7.91. The lowest BCUT2D eigenvalue weighted by molar-refractivity contribution is 0.347. The fourth-order valence-corrected chi connectivity index (χ4v) is 7.29. The smallest absolute Gasteiger partial charge is 0.224 e. The van der Waals surface area contributed by atoms with E-state index < -0.39 is 25.9 Å². The van der Waals surface area contributed by atoms with Crippen LogP contribution in [0.2, 0.25) is 5.02 Å². The first-order valence-corrected chi connectivity index (χ1v) is 13.4. The Labute approximate surface area is 179 Å². The summed E-state index contributed by atoms with van der Waals surface area (Å²) in [7, 11) is -7.63. The molecule has 1 aromatic heterocycles. The second-order valence-corrected chi connectivity index (χ2v) is 12.1. The van der Waals surface area contributed by atoms with Gasteiger partial charge in [-0.15, -0.1) is 11.3 Å². The monoisotopic (exact) mass is 467 g/mol. The minimum absolute atomic E-state index is 0.000303. The van der Waals surface area contributed by atoms with E-state index in [4.69, 9.17) is 11.6 Å². The van der Waals surface area contributed by atoms with Crippen molar-refractivity contribution >= 4 is 42.8 Å². The second-order valence-electron chi connectivity index (χ2n) is 6.84. The number of hydrogen-bond acceptors (Lipinski definition) is 5. The summed E-state index contributed by atoms with van der Waals surface area (Å²) in [6.07, 6.45) is 1.64. The Morgan fingerprint density at radius 3 is 2.45 bits per heavy atom. The Morgan fingerprint density at radius 1 is 1.03 bits per heavy atom. The van der Waals surface area contributed by atoms with Crippen LogP contribution in [0, 0.1) is 0 Å². The predicted octanol–water partition coefficient (Wildman–Crippen LogP) is 4.14. The maximum atomic E-state index is 13.7. The van der Waals surface area contributed by atoms with Crippen LogP contribution in [-0.4, -0.2) is 33.9 Å². The molecule has 3 aromatic rings. The fraction of sp³-hybridized carbons (Fsp3) is 0.200. The number of halogens is 1. The number of nitrogens with zero attached hydrogens (tertiary/aromatic N) is 1. The van der Waals surface area contributed by atoms with Gasteiger partial charge in [-0.25, -0.2) is 16.8 Å². The Bertz CT molecular complexity index is 1270. The third-order valence-electron chi connectivity index (χ3n) is 4.95. The quantitative estimate of drug-likeness (QED) is 0.578. The zero-order chi connectivity index (χ0) is 20.8. The van der Waals surface area contributed by atoms with Gasteiger partial charge in [0.2, 0.25) is 10.0 Å². The Hall–Kier alpha value is -1.71. The van der Waals surface area contributed by atoms with E-state index in [1.54, 1.807) is 11.3 Å². The molecule has 1 atom stereocenters. The largest absolute Gasteiger partial charge is 0.245 e. The van der Waals surface area contributed by atoms with Crippen molar-refractivity contribution in [2.45, 2.75) is 22.3 Å². The van der Waals surface area contributed by atoms with Crippen LogP contribution in [-0.2, 0) is 26.3 Å². The van der Waals surface area contributed by atoms with E-state index in [2.05, 4.69) is 0 Å². The average molecular weight is 468 g/mol. The highest BCUT2D eigenvalue weighted by Crippen LogP contribution is 2.41. The first-order valence-electron chi connectivity index (χ1n) is 8.82. The van der Waals surface area contributed by atoms with Crippen LogP contribution in [0.1, 0.15) is 22.0 Å². The Balaban J connectivity index is 1.89. The summed E-state index contributed by atoms with van der Waals surface area (Å²) in [6.45, 7) is 0.287. The maximum Gasteiger partial charge on any atom is 0.245 e. The number of fused-ring (bicyclic) bond motifs is 1. The van der Waals surface area contributed by atoms with E-state index in [-0.39, 0.29) is 21.4 Å². The first kappa shape index (κ1) is 20.6. The van der Waals surface area contributed by atoms with Crippen molar-refractivity contribution in [1.29, 1.82) is 0 Å². The van der Waals surface area contributed by atoms with Crippen molar-refractivity contribution in [3.05, 3.63) is 81.0 Å². The lowest BCUT2D eigenvalue weighted by Crippen LogP contribution is -2.40. The molecule has 1 aliphatic rings. The van der Waals surface area contributed by atoms with Gasteiger partial charge in [0.1, 0.15) is 4.90 Å². The standard InChI is InChI=1S/C20H18ClNO4S3/c1-28(23,24)15-7-8-17(21)19(13-15)29(25,26)22-11-9-18-16(10-12-27-18)20(22)14-5-3-2-4-6-14/h2-8,10,12-13,20H,9,11H2,1H3. The summed E-state index contributed by atoms with van der Waals surface area (Å²) in [6, 6.07) is 14.7. The van der Waals surface area contributed by atoms with Gasteiger partial charge in [-0.2, -0.15) is 4.31 Å². The van der Waals surface area contributed by atoms with E-state index >= 15 is 0 Å². The van der Waals surface area contributed by atoms with E-state index in [0.29, 0.717) is 6.42 Å². The minimum atomic E-state index is -4.05. The number of sulfone groups is 1. The third-order valence-corrected chi connectivity index (χ3v) is 9.41. The van der Waals surface area contributed by atoms with Crippen molar-refractivity contribution in [3.63, 3.8) is 0 Å². The van der Waals surface area contributed by atoms with E-state index in [0.717, 1.165) is 28.3 Å². The van der Waals surface area contributed by atoms with Gasteiger partial charge >= 0.3 is 0 Å². The summed E-state index contributed by atoms with van der Waals surface area (Å²) in [5.74, 6) is 0. The molecule has 4 rings (SSSR count). The molecular weight excluding hydrogens is 450 g/mol. The molecule has 5 nitrogen and oxygen atoms in total. The molecular formula is C20H18ClNO4S3. The Kier molecular flexibility index (Phi) is 5.33. The Morgan fingerprint density at radius 2 is 1.76 bits per heavy atom. The molecule has 1 aliphatic heterocycles. The summed E-state index contributed by atoms with van der Waals surface area (Å²) in [5, 5.41) is 1.97. The normalized spacial score (nSPS) is 17.8. The maximum absolute atomic E-state index is 13.7. The van der Waals surface area contributed by atoms with Gasteiger partial charge < -0.3 is 0 Å². The second kappa shape index (κ2) is 7.52. The molecule has 2 heterocycles. The molecule has 0 bridgehead atoms. The molecule has 152 valence electrons. The van der Waals surface area contributed by atoms with Crippen LogP contribution in [0.5, 0.6) is 0 Å². The molecule has 0 saturated heterocycles. The number of hydrogen-bond donors (Lipinski definition) is 0. The van der Waals surface area contributed by atoms with E-state index in [9.17, 15) is 16.8 Å². The molecule has 0 fully saturated rings. The lowest BCUT2D eigenvalue weighted by atomic mass is 9.95. The SMILES string of the molecule is CS(=O)(=O)c1ccc(Cl)c(S(=O)(=O)N2CCc3sccc3C2c2ccccc2)c1. The molecule has 2 aromatic carbocycles. The van der Waals surface area contributed by atoms with Gasteiger partial charge in [-0.3, -0.25) is 0 Å². The van der Waals surface area contributed by atoms with Gasteiger partial charge in [0, 0.05) is 17.7 Å². The van der Waals surface area contributed by atoms with Gasteiger partial charge in [-0.05, 0) is 47.2 Å². The molecule has 9 heteroatoms. The van der Waals surface area contributed by atoms with E-state index in [1.807, 2.05) is 41.8 Å². The van der Waals surface area contributed by atoms with Gasteiger partial charge in [0.25, 0.3) is 0 Å². The van der Waals surface area contributed by atoms with Crippen molar-refractivity contribution in [1.82, 2.24) is 4.31 Å². The summed E-state index contributed by atoms with van der Waals surface area (Å²) in [4.78, 5) is 0.882.